The van der Waals surface area contributed by atoms with Gasteiger partial charge >= 0.3 is 76.0 Å². The van der Waals surface area contributed by atoms with Crippen molar-refractivity contribution in [1.29, 1.82) is 0 Å². The van der Waals surface area contributed by atoms with E-state index in [9.17, 15) is 0 Å². The molecule has 0 fully saturated rings. The number of hydrogen-bond acceptors (Lipinski definition) is 0. The predicted molar refractivity (Wildman–Crippen MR) is 52.2 cm³/mol. The second-order valence-electron chi connectivity index (χ2n) is 1.12. The van der Waals surface area contributed by atoms with E-state index in [1.807, 2.05) is 0 Å². The second kappa shape index (κ2) is 4.48. The van der Waals surface area contributed by atoms with Gasteiger partial charge in [0, 0.05) is 0 Å². The number of halogens is 3. The quantitative estimate of drug-likeness (QED) is 0.551. The van der Waals surface area contributed by atoms with Gasteiger partial charge < -0.3 is 0 Å². The van der Waals surface area contributed by atoms with Crippen molar-refractivity contribution in [2.24, 2.45) is 0 Å². The first-order valence-corrected chi connectivity index (χ1v) is 23.0. The molecule has 0 aliphatic rings. The van der Waals surface area contributed by atoms with E-state index in [1.165, 1.54) is 30.2 Å². The number of rotatable bonds is 1. The molecule has 0 atom stereocenters. The van der Waals surface area contributed by atoms with E-state index in [0.29, 0.717) is 0 Å². The minimum absolute atomic E-state index is 0.160. The Labute approximate surface area is 74.9 Å². The first-order valence-electron chi connectivity index (χ1n) is 1.79. The van der Waals surface area contributed by atoms with E-state index in [1.54, 1.807) is 0 Å². The van der Waals surface area contributed by atoms with Gasteiger partial charge in [0.05, 0.1) is 0 Å². The summed E-state index contributed by atoms with van der Waals surface area (Å²) in [6.45, 7) is 0. The van der Waals surface area contributed by atoms with Crippen molar-refractivity contribution in [3.63, 3.8) is 0 Å². The van der Waals surface area contributed by atoms with Crippen molar-refractivity contribution >= 4 is 59.9 Å². The van der Waals surface area contributed by atoms with Gasteiger partial charge in [0.2, 0.25) is 0 Å². The standard InChI is InChI=1S/3ClH.P5.Zr/c;;;1-2-4-5-3-1;/h3*1H;;/q;;;-1;+4/p-3. The van der Waals surface area contributed by atoms with Gasteiger partial charge in [-0.15, -0.1) is 0 Å². The molecule has 0 aliphatic carbocycles. The minimum atomic E-state index is -2.95. The zero-order valence-electron chi connectivity index (χ0n) is 3.87. The Morgan fingerprint density at radius 2 is 1.44 bits per heavy atom. The average molecular weight is 352 g/mol. The van der Waals surface area contributed by atoms with Crippen molar-refractivity contribution in [3.8, 4) is 0 Å². The molecule has 0 amide bonds. The molecule has 0 radical (unpaired) electrons. The first kappa shape index (κ1) is 10.3. The Morgan fingerprint density at radius 3 is 1.67 bits per heavy atom. The Balaban J connectivity index is 2.90. The summed E-state index contributed by atoms with van der Waals surface area (Å²) in [7, 11) is 23.4. The molecule has 1 aromatic rings. The van der Waals surface area contributed by atoms with Crippen LogP contribution in [-0.4, -0.2) is 0 Å². The van der Waals surface area contributed by atoms with Crippen molar-refractivity contribution in [2.45, 2.75) is 0 Å². The Kier molecular flexibility index (Phi) is 5.14. The predicted octanol–water partition coefficient (Wildman–Crippen LogP) is 6.37. The summed E-state index contributed by atoms with van der Waals surface area (Å²) in [6, 6.07) is 0. The van der Waals surface area contributed by atoms with E-state index in [0.717, 1.165) is 0 Å². The zero-order chi connectivity index (χ0) is 6.91. The summed E-state index contributed by atoms with van der Waals surface area (Å²) in [5.41, 5.74) is 0. The summed E-state index contributed by atoms with van der Waals surface area (Å²) in [4.78, 5) is 0. The third-order valence-electron chi connectivity index (χ3n) is 0.516. The van der Waals surface area contributed by atoms with Gasteiger partial charge in [-0.1, -0.05) is 0 Å². The van der Waals surface area contributed by atoms with E-state index >= 15 is 0 Å². The molecule has 9 heavy (non-hydrogen) atoms. The van der Waals surface area contributed by atoms with Gasteiger partial charge in [0.1, 0.15) is 0 Å². The van der Waals surface area contributed by atoms with Crippen LogP contribution >= 0.6 is 59.9 Å². The Morgan fingerprint density at radius 1 is 1.00 bits per heavy atom. The first-order chi connectivity index (χ1) is 4.11. The van der Waals surface area contributed by atoms with E-state index in [4.69, 9.17) is 25.5 Å². The molecular weight excluding hydrogens is 352 g/mol. The van der Waals surface area contributed by atoms with Crippen molar-refractivity contribution in [3.05, 3.63) is 0 Å². The molecule has 0 bridgehead atoms. The molecule has 0 N–H and O–H groups in total. The molecule has 1 aromatic heterocycles. The third kappa shape index (κ3) is 3.65. The van der Waals surface area contributed by atoms with Gasteiger partial charge in [-0.3, -0.25) is 0 Å². The summed E-state index contributed by atoms with van der Waals surface area (Å²) in [6.07, 6.45) is 0. The maximum atomic E-state index is 5.89. The molecule has 0 nitrogen and oxygen atoms in total. The molecule has 0 aromatic carbocycles. The van der Waals surface area contributed by atoms with Crippen LogP contribution in [0.4, 0.5) is 0 Å². The summed E-state index contributed by atoms with van der Waals surface area (Å²) >= 11 is -2.95. The Bertz CT molecular complexity index is 175. The fourth-order valence-electron chi connectivity index (χ4n) is 0.231. The zero-order valence-corrected chi connectivity index (χ0v) is 13.1. The van der Waals surface area contributed by atoms with Crippen LogP contribution in [0.2, 0.25) is 0 Å². The van der Waals surface area contributed by atoms with E-state index in [-0.39, 0.29) is 4.18 Å². The molecule has 9 heteroatoms. The molecule has 1 heterocycles. The van der Waals surface area contributed by atoms with E-state index in [2.05, 4.69) is 0 Å². The van der Waals surface area contributed by atoms with Crippen LogP contribution in [0.15, 0.2) is 0 Å². The van der Waals surface area contributed by atoms with Crippen LogP contribution in [0.3, 0.4) is 0 Å². The topological polar surface area (TPSA) is 0 Å². The van der Waals surface area contributed by atoms with Gasteiger partial charge in [-0.05, 0) is 0 Å². The molecule has 0 saturated carbocycles. The van der Waals surface area contributed by atoms with Crippen LogP contribution in [0.5, 0.6) is 0 Å². The summed E-state index contributed by atoms with van der Waals surface area (Å²) in [5, 5.41) is 0. The average Bonchev–Trinajstić information content (AvgIpc) is 2.08. The molecule has 0 aliphatic heterocycles. The van der Waals surface area contributed by atoms with Crippen molar-refractivity contribution in [1.82, 2.24) is 0 Å². The molecule has 0 unspecified atom stereocenters. The fourth-order valence-corrected chi connectivity index (χ4v) is 89.5. The van der Waals surface area contributed by atoms with Crippen LogP contribution in [0.25, 0.3) is 0 Å². The normalized spacial score (nSPS) is 17.4. The Hall–Kier alpha value is 3.25. The maximum absolute atomic E-state index is 5.89. The number of hydrogen-bond donors (Lipinski definition) is 0. The monoisotopic (exact) mass is 350 g/mol. The van der Waals surface area contributed by atoms with Crippen LogP contribution in [0.1, 0.15) is 0 Å². The van der Waals surface area contributed by atoms with Gasteiger partial charge in [0.25, 0.3) is 0 Å². The molecule has 0 spiro atoms. The van der Waals surface area contributed by atoms with Gasteiger partial charge in [0.15, 0.2) is 0 Å². The molecule has 1 rings (SSSR count). The van der Waals surface area contributed by atoms with Crippen molar-refractivity contribution < 1.29 is 16.1 Å². The van der Waals surface area contributed by atoms with E-state index < -0.39 is 16.1 Å². The van der Waals surface area contributed by atoms with Crippen molar-refractivity contribution in [2.75, 3.05) is 0 Å². The fraction of sp³-hybridized carbons (Fsp3) is 0. The van der Waals surface area contributed by atoms with Crippen LogP contribution in [-0.2, 0) is 16.1 Å². The second-order valence-corrected chi connectivity index (χ2v) is 47.6. The van der Waals surface area contributed by atoms with Crippen LogP contribution < -0.4 is 0 Å². The SMILES string of the molecule is [Cl][Zr]([Cl])([Cl])[p]1pppp1. The molecule has 0 saturated heterocycles. The van der Waals surface area contributed by atoms with Gasteiger partial charge in [-0.2, -0.15) is 0 Å². The van der Waals surface area contributed by atoms with Gasteiger partial charge in [-0.25, -0.2) is 0 Å². The van der Waals surface area contributed by atoms with Crippen LogP contribution in [0, 0.1) is 0 Å². The summed E-state index contributed by atoms with van der Waals surface area (Å²) in [5.74, 6) is 0. The third-order valence-corrected chi connectivity index (χ3v) is 66.7. The molecule has 50 valence electrons. The molecular formula is Cl3P5Zr. The summed E-state index contributed by atoms with van der Waals surface area (Å²) < 4.78 is -0.160.